The SMILES string of the molecule is C(Cc1ccccc1)=NN1CCNCC1. The second-order valence-electron chi connectivity index (χ2n) is 3.69. The van der Waals surface area contributed by atoms with Gasteiger partial charge in [0.1, 0.15) is 0 Å². The van der Waals surface area contributed by atoms with Crippen molar-refractivity contribution >= 4 is 6.21 Å². The number of hydrogen-bond donors (Lipinski definition) is 1. The zero-order valence-corrected chi connectivity index (χ0v) is 8.89. The summed E-state index contributed by atoms with van der Waals surface area (Å²) in [6.45, 7) is 4.13. The van der Waals surface area contributed by atoms with Crippen LogP contribution in [-0.2, 0) is 6.42 Å². The molecule has 0 bridgehead atoms. The Labute approximate surface area is 90.8 Å². The Morgan fingerprint density at radius 1 is 1.20 bits per heavy atom. The molecule has 1 N–H and O–H groups in total. The summed E-state index contributed by atoms with van der Waals surface area (Å²) in [5, 5.41) is 9.88. The largest absolute Gasteiger partial charge is 0.313 e. The van der Waals surface area contributed by atoms with Gasteiger partial charge in [0.15, 0.2) is 0 Å². The fraction of sp³-hybridized carbons (Fsp3) is 0.417. The number of benzene rings is 1. The van der Waals surface area contributed by atoms with E-state index in [0.717, 1.165) is 32.6 Å². The zero-order chi connectivity index (χ0) is 10.3. The molecule has 0 aliphatic carbocycles. The van der Waals surface area contributed by atoms with Crippen LogP contribution in [0.5, 0.6) is 0 Å². The van der Waals surface area contributed by atoms with E-state index >= 15 is 0 Å². The second-order valence-corrected chi connectivity index (χ2v) is 3.69. The third kappa shape index (κ3) is 3.36. The van der Waals surface area contributed by atoms with Gasteiger partial charge in [-0.1, -0.05) is 30.3 Å². The van der Waals surface area contributed by atoms with E-state index < -0.39 is 0 Å². The van der Waals surface area contributed by atoms with E-state index in [1.165, 1.54) is 5.56 Å². The first-order chi connectivity index (χ1) is 7.45. The Hall–Kier alpha value is -1.35. The van der Waals surface area contributed by atoms with E-state index in [0.29, 0.717) is 0 Å². The standard InChI is InChI=1S/C12H17N3/c1-2-4-12(5-3-1)6-7-14-15-10-8-13-9-11-15/h1-5,7,13H,6,8-11H2. The summed E-state index contributed by atoms with van der Waals surface area (Å²) in [6.07, 6.45) is 2.92. The Morgan fingerprint density at radius 2 is 1.93 bits per heavy atom. The molecule has 3 heteroatoms. The lowest BCUT2D eigenvalue weighted by molar-refractivity contribution is 0.253. The van der Waals surface area contributed by atoms with Crippen molar-refractivity contribution in [2.24, 2.45) is 5.10 Å². The molecule has 0 aromatic heterocycles. The number of nitrogens with one attached hydrogen (secondary N) is 1. The van der Waals surface area contributed by atoms with Gasteiger partial charge in [0.25, 0.3) is 0 Å². The van der Waals surface area contributed by atoms with E-state index in [-0.39, 0.29) is 0 Å². The summed E-state index contributed by atoms with van der Waals surface area (Å²) in [5.41, 5.74) is 1.32. The summed E-state index contributed by atoms with van der Waals surface area (Å²) >= 11 is 0. The maximum atomic E-state index is 4.45. The Kier molecular flexibility index (Phi) is 3.74. The molecule has 1 aliphatic heterocycles. The number of rotatable bonds is 3. The Balaban J connectivity index is 1.79. The molecular formula is C12H17N3. The van der Waals surface area contributed by atoms with Gasteiger partial charge in [0, 0.05) is 38.8 Å². The van der Waals surface area contributed by atoms with Gasteiger partial charge >= 0.3 is 0 Å². The van der Waals surface area contributed by atoms with E-state index in [4.69, 9.17) is 0 Å². The molecule has 0 unspecified atom stereocenters. The minimum Gasteiger partial charge on any atom is -0.313 e. The van der Waals surface area contributed by atoms with Crippen molar-refractivity contribution in [1.82, 2.24) is 10.3 Å². The predicted molar refractivity (Wildman–Crippen MR) is 63.1 cm³/mol. The molecule has 1 aromatic carbocycles. The molecule has 1 aromatic rings. The maximum Gasteiger partial charge on any atom is 0.0485 e. The number of piperazine rings is 1. The number of hydrogen-bond acceptors (Lipinski definition) is 3. The normalized spacial score (nSPS) is 17.2. The van der Waals surface area contributed by atoms with Crippen LogP contribution < -0.4 is 5.32 Å². The molecule has 0 atom stereocenters. The van der Waals surface area contributed by atoms with Gasteiger partial charge in [-0.25, -0.2) is 0 Å². The van der Waals surface area contributed by atoms with Gasteiger partial charge in [0.05, 0.1) is 0 Å². The van der Waals surface area contributed by atoms with E-state index in [1.54, 1.807) is 0 Å². The third-order valence-corrected chi connectivity index (χ3v) is 2.51. The molecule has 2 rings (SSSR count). The van der Waals surface area contributed by atoms with E-state index in [1.807, 2.05) is 12.3 Å². The molecule has 80 valence electrons. The zero-order valence-electron chi connectivity index (χ0n) is 8.89. The quantitative estimate of drug-likeness (QED) is 0.745. The van der Waals surface area contributed by atoms with Crippen molar-refractivity contribution in [3.8, 4) is 0 Å². The van der Waals surface area contributed by atoms with Crippen molar-refractivity contribution in [3.63, 3.8) is 0 Å². The predicted octanol–water partition coefficient (Wildman–Crippen LogP) is 1.12. The fourth-order valence-electron chi connectivity index (χ4n) is 1.64. The smallest absolute Gasteiger partial charge is 0.0485 e. The van der Waals surface area contributed by atoms with Gasteiger partial charge in [-0.2, -0.15) is 5.10 Å². The first kappa shape index (κ1) is 10.2. The van der Waals surface area contributed by atoms with Crippen molar-refractivity contribution < 1.29 is 0 Å². The van der Waals surface area contributed by atoms with Gasteiger partial charge in [-0.05, 0) is 5.56 Å². The lowest BCUT2D eigenvalue weighted by Gasteiger charge is -2.24. The van der Waals surface area contributed by atoms with Crippen LogP contribution in [-0.4, -0.2) is 37.4 Å². The van der Waals surface area contributed by atoms with Crippen LogP contribution in [0.1, 0.15) is 5.56 Å². The molecule has 3 nitrogen and oxygen atoms in total. The first-order valence-electron chi connectivity index (χ1n) is 5.47. The highest BCUT2D eigenvalue weighted by atomic mass is 15.5. The van der Waals surface area contributed by atoms with Crippen LogP contribution in [0, 0.1) is 0 Å². The highest BCUT2D eigenvalue weighted by molar-refractivity contribution is 5.61. The van der Waals surface area contributed by atoms with Gasteiger partial charge in [0.2, 0.25) is 0 Å². The molecule has 1 fully saturated rings. The molecule has 0 amide bonds. The summed E-state index contributed by atoms with van der Waals surface area (Å²) in [7, 11) is 0. The van der Waals surface area contributed by atoms with Crippen LogP contribution >= 0.6 is 0 Å². The number of hydrazone groups is 1. The lowest BCUT2D eigenvalue weighted by atomic mass is 10.2. The summed E-state index contributed by atoms with van der Waals surface area (Å²) in [6, 6.07) is 10.4. The van der Waals surface area contributed by atoms with Crippen LogP contribution in [0.2, 0.25) is 0 Å². The number of nitrogens with zero attached hydrogens (tertiary/aromatic N) is 2. The molecule has 15 heavy (non-hydrogen) atoms. The summed E-state index contributed by atoms with van der Waals surface area (Å²) < 4.78 is 0. The van der Waals surface area contributed by atoms with Crippen LogP contribution in [0.4, 0.5) is 0 Å². The minimum atomic E-state index is 0.921. The lowest BCUT2D eigenvalue weighted by Crippen LogP contribution is -2.40. The highest BCUT2D eigenvalue weighted by Crippen LogP contribution is 1.98. The van der Waals surface area contributed by atoms with Gasteiger partial charge in [-0.15, -0.1) is 0 Å². The average molecular weight is 203 g/mol. The van der Waals surface area contributed by atoms with Crippen molar-refractivity contribution in [1.29, 1.82) is 0 Å². The topological polar surface area (TPSA) is 27.6 Å². The van der Waals surface area contributed by atoms with Crippen molar-refractivity contribution in [3.05, 3.63) is 35.9 Å². The molecule has 0 spiro atoms. The van der Waals surface area contributed by atoms with Crippen molar-refractivity contribution in [2.45, 2.75) is 6.42 Å². The maximum absolute atomic E-state index is 4.45. The van der Waals surface area contributed by atoms with Crippen molar-refractivity contribution in [2.75, 3.05) is 26.2 Å². The van der Waals surface area contributed by atoms with Gasteiger partial charge in [-0.3, -0.25) is 5.01 Å². The van der Waals surface area contributed by atoms with E-state index in [9.17, 15) is 0 Å². The highest BCUT2D eigenvalue weighted by Gasteiger charge is 2.04. The molecule has 0 saturated carbocycles. The molecule has 1 aliphatic rings. The van der Waals surface area contributed by atoms with Crippen LogP contribution in [0.15, 0.2) is 35.4 Å². The summed E-state index contributed by atoms with van der Waals surface area (Å²) in [5.74, 6) is 0. The fourth-order valence-corrected chi connectivity index (χ4v) is 1.64. The van der Waals surface area contributed by atoms with Crippen LogP contribution in [0.25, 0.3) is 0 Å². The molecular weight excluding hydrogens is 186 g/mol. The average Bonchev–Trinajstić information content (AvgIpc) is 2.32. The summed E-state index contributed by atoms with van der Waals surface area (Å²) in [4.78, 5) is 0. The monoisotopic (exact) mass is 203 g/mol. The van der Waals surface area contributed by atoms with E-state index in [2.05, 4.69) is 39.7 Å². The molecule has 1 heterocycles. The van der Waals surface area contributed by atoms with Gasteiger partial charge < -0.3 is 5.32 Å². The Bertz CT molecular complexity index is 302. The molecule has 1 saturated heterocycles. The second kappa shape index (κ2) is 5.51. The van der Waals surface area contributed by atoms with Crippen LogP contribution in [0.3, 0.4) is 0 Å². The molecule has 0 radical (unpaired) electrons. The Morgan fingerprint density at radius 3 is 2.67 bits per heavy atom. The minimum absolute atomic E-state index is 0.921. The third-order valence-electron chi connectivity index (χ3n) is 2.51. The first-order valence-corrected chi connectivity index (χ1v) is 5.47.